The molecule has 2 aliphatic rings. The van der Waals surface area contributed by atoms with Crippen molar-refractivity contribution in [1.82, 2.24) is 14.9 Å². The zero-order valence-electron chi connectivity index (χ0n) is 19.2. The molecular formula is C26H30N4O4. The van der Waals surface area contributed by atoms with E-state index in [1.165, 1.54) is 0 Å². The van der Waals surface area contributed by atoms with Crippen LogP contribution < -0.4 is 15.8 Å². The van der Waals surface area contributed by atoms with E-state index in [1.807, 2.05) is 47.1 Å². The van der Waals surface area contributed by atoms with E-state index in [9.17, 15) is 9.59 Å². The first-order valence-electron chi connectivity index (χ1n) is 11.8. The van der Waals surface area contributed by atoms with E-state index >= 15 is 0 Å². The highest BCUT2D eigenvalue weighted by atomic mass is 16.5. The Morgan fingerprint density at radius 1 is 0.882 bits per heavy atom. The minimum Gasteiger partial charge on any atom is -0.379 e. The Morgan fingerprint density at radius 3 is 2.32 bits per heavy atom. The Kier molecular flexibility index (Phi) is 6.89. The third kappa shape index (κ3) is 4.99. The number of nitrogens with one attached hydrogen (secondary N) is 1. The molecule has 2 fully saturated rings. The van der Waals surface area contributed by atoms with Crippen molar-refractivity contribution in [2.45, 2.75) is 13.1 Å². The molecule has 2 aliphatic heterocycles. The minimum absolute atomic E-state index is 0.151. The number of hydrogen-bond donors (Lipinski definition) is 1. The summed E-state index contributed by atoms with van der Waals surface area (Å²) in [5.74, 6) is -0.364. The Labute approximate surface area is 198 Å². The number of rotatable bonds is 6. The maximum Gasteiger partial charge on any atom is 0.257 e. The Morgan fingerprint density at radius 2 is 1.59 bits per heavy atom. The van der Waals surface area contributed by atoms with Crippen LogP contribution in [-0.4, -0.2) is 68.1 Å². The molecule has 0 aliphatic carbocycles. The molecule has 1 N–H and O–H groups in total. The molecule has 0 spiro atoms. The van der Waals surface area contributed by atoms with Gasteiger partial charge in [-0.1, -0.05) is 36.4 Å². The fraction of sp³-hybridized carbons (Fsp3) is 0.385. The molecule has 3 aromatic rings. The van der Waals surface area contributed by atoms with E-state index in [1.54, 1.807) is 6.20 Å². The molecule has 34 heavy (non-hydrogen) atoms. The van der Waals surface area contributed by atoms with Crippen molar-refractivity contribution >= 4 is 16.8 Å². The number of benzene rings is 2. The van der Waals surface area contributed by atoms with Gasteiger partial charge < -0.3 is 19.8 Å². The predicted molar refractivity (Wildman–Crippen MR) is 131 cm³/mol. The van der Waals surface area contributed by atoms with Crippen molar-refractivity contribution in [1.29, 1.82) is 0 Å². The van der Waals surface area contributed by atoms with Gasteiger partial charge in [0.05, 0.1) is 45.0 Å². The second kappa shape index (κ2) is 10.4. The zero-order chi connectivity index (χ0) is 23.3. The number of carbonyl (C=O) groups excluding carboxylic acids is 1. The normalized spacial score (nSPS) is 17.1. The number of morpholine rings is 2. The smallest absolute Gasteiger partial charge is 0.257 e. The van der Waals surface area contributed by atoms with E-state index in [0.29, 0.717) is 38.2 Å². The van der Waals surface area contributed by atoms with Gasteiger partial charge in [-0.15, -0.1) is 0 Å². The van der Waals surface area contributed by atoms with Crippen LogP contribution in [0.1, 0.15) is 21.5 Å². The number of pyridine rings is 1. The standard InChI is InChI=1S/C26H30N4O4/c31-25-22-16-21(18-28-8-12-33-13-9-28)6-7-24(22)30(29-10-14-34-15-11-29)19-23(25)26(32)27-17-20-4-2-1-3-5-20/h1-7,16,19H,8-15,17-18H2,(H,27,32). The van der Waals surface area contributed by atoms with Crippen LogP contribution in [0.15, 0.2) is 59.5 Å². The quantitative estimate of drug-likeness (QED) is 0.602. The number of nitrogens with zero attached hydrogens (tertiary/aromatic N) is 3. The molecule has 0 atom stereocenters. The van der Waals surface area contributed by atoms with Crippen molar-refractivity contribution in [3.63, 3.8) is 0 Å². The van der Waals surface area contributed by atoms with E-state index in [0.717, 1.165) is 49.5 Å². The number of ether oxygens (including phenoxy) is 2. The largest absolute Gasteiger partial charge is 0.379 e. The minimum atomic E-state index is -0.364. The first-order chi connectivity index (χ1) is 16.7. The summed E-state index contributed by atoms with van der Waals surface area (Å²) in [4.78, 5) is 29.0. The average Bonchev–Trinajstić information content (AvgIpc) is 2.89. The lowest BCUT2D eigenvalue weighted by Crippen LogP contribution is -2.45. The molecule has 0 bridgehead atoms. The summed E-state index contributed by atoms with van der Waals surface area (Å²) in [6.07, 6.45) is 1.68. The second-order valence-electron chi connectivity index (χ2n) is 8.69. The number of amides is 1. The fourth-order valence-electron chi connectivity index (χ4n) is 4.51. The summed E-state index contributed by atoms with van der Waals surface area (Å²) < 4.78 is 12.9. The van der Waals surface area contributed by atoms with E-state index in [2.05, 4.69) is 21.3 Å². The molecule has 8 heteroatoms. The summed E-state index contributed by atoms with van der Waals surface area (Å²) >= 11 is 0. The number of aromatic nitrogens is 1. The van der Waals surface area contributed by atoms with Crippen LogP contribution in [0.2, 0.25) is 0 Å². The van der Waals surface area contributed by atoms with E-state index in [-0.39, 0.29) is 16.9 Å². The van der Waals surface area contributed by atoms with Gasteiger partial charge in [0, 0.05) is 37.8 Å². The molecule has 178 valence electrons. The Hall–Kier alpha value is -3.20. The summed E-state index contributed by atoms with van der Waals surface area (Å²) in [5, 5.41) is 5.60. The van der Waals surface area contributed by atoms with Crippen LogP contribution in [0, 0.1) is 0 Å². The van der Waals surface area contributed by atoms with Crippen LogP contribution in [0.25, 0.3) is 10.9 Å². The first kappa shape index (κ1) is 22.6. The van der Waals surface area contributed by atoms with Crippen molar-refractivity contribution in [2.75, 3.05) is 57.6 Å². The van der Waals surface area contributed by atoms with Crippen molar-refractivity contribution in [3.05, 3.63) is 81.6 Å². The first-order valence-corrected chi connectivity index (χ1v) is 11.8. The fourth-order valence-corrected chi connectivity index (χ4v) is 4.51. The van der Waals surface area contributed by atoms with Gasteiger partial charge in [-0.05, 0) is 23.3 Å². The third-order valence-corrected chi connectivity index (χ3v) is 6.39. The SMILES string of the molecule is O=C(NCc1ccccc1)c1cn(N2CCOCC2)c2ccc(CN3CCOCC3)cc2c1=O. The zero-order valence-corrected chi connectivity index (χ0v) is 19.2. The maximum atomic E-state index is 13.5. The second-order valence-corrected chi connectivity index (χ2v) is 8.69. The molecule has 1 amide bonds. The van der Waals surface area contributed by atoms with Crippen LogP contribution in [0.3, 0.4) is 0 Å². The highest BCUT2D eigenvalue weighted by Gasteiger charge is 2.20. The lowest BCUT2D eigenvalue weighted by Gasteiger charge is -2.32. The number of fused-ring (bicyclic) bond motifs is 1. The maximum absolute atomic E-state index is 13.5. The van der Waals surface area contributed by atoms with Crippen LogP contribution >= 0.6 is 0 Å². The molecule has 3 heterocycles. The lowest BCUT2D eigenvalue weighted by molar-refractivity contribution is 0.0342. The van der Waals surface area contributed by atoms with Gasteiger partial charge in [-0.3, -0.25) is 19.2 Å². The molecule has 0 radical (unpaired) electrons. The van der Waals surface area contributed by atoms with Gasteiger partial charge in [0.15, 0.2) is 0 Å². The highest BCUT2D eigenvalue weighted by molar-refractivity contribution is 5.97. The van der Waals surface area contributed by atoms with Crippen LogP contribution in [0.4, 0.5) is 0 Å². The summed E-state index contributed by atoms with van der Waals surface area (Å²) in [6.45, 7) is 6.92. The Bertz CT molecular complexity index is 1200. The van der Waals surface area contributed by atoms with Gasteiger partial charge >= 0.3 is 0 Å². The molecule has 2 saturated heterocycles. The van der Waals surface area contributed by atoms with E-state index in [4.69, 9.17) is 9.47 Å². The molecule has 0 saturated carbocycles. The topological polar surface area (TPSA) is 76.0 Å². The summed E-state index contributed by atoms with van der Waals surface area (Å²) in [7, 11) is 0. The molecule has 5 rings (SSSR count). The van der Waals surface area contributed by atoms with Gasteiger partial charge in [0.2, 0.25) is 5.43 Å². The average molecular weight is 463 g/mol. The molecular weight excluding hydrogens is 432 g/mol. The van der Waals surface area contributed by atoms with Gasteiger partial charge in [0.1, 0.15) is 5.56 Å². The predicted octanol–water partition coefficient (Wildman–Crippen LogP) is 1.73. The number of carbonyl (C=O) groups is 1. The number of hydrogen-bond acceptors (Lipinski definition) is 6. The van der Waals surface area contributed by atoms with Gasteiger partial charge in [-0.2, -0.15) is 0 Å². The van der Waals surface area contributed by atoms with Crippen molar-refractivity contribution in [3.8, 4) is 0 Å². The van der Waals surface area contributed by atoms with Crippen LogP contribution in [-0.2, 0) is 22.6 Å². The molecule has 8 nitrogen and oxygen atoms in total. The van der Waals surface area contributed by atoms with Gasteiger partial charge in [-0.25, -0.2) is 0 Å². The lowest BCUT2D eigenvalue weighted by atomic mass is 10.1. The Balaban J connectivity index is 1.50. The molecule has 2 aromatic carbocycles. The molecule has 0 unspecified atom stereocenters. The van der Waals surface area contributed by atoms with Gasteiger partial charge in [0.25, 0.3) is 5.91 Å². The van der Waals surface area contributed by atoms with Crippen LogP contribution in [0.5, 0.6) is 0 Å². The highest BCUT2D eigenvalue weighted by Crippen LogP contribution is 2.18. The monoisotopic (exact) mass is 462 g/mol. The third-order valence-electron chi connectivity index (χ3n) is 6.39. The molecule has 1 aromatic heterocycles. The summed E-state index contributed by atoms with van der Waals surface area (Å²) in [5.41, 5.74) is 2.75. The van der Waals surface area contributed by atoms with Crippen molar-refractivity contribution < 1.29 is 14.3 Å². The van der Waals surface area contributed by atoms with E-state index < -0.39 is 0 Å². The summed E-state index contributed by atoms with van der Waals surface area (Å²) in [6, 6.07) is 15.7. The van der Waals surface area contributed by atoms with Crippen molar-refractivity contribution in [2.24, 2.45) is 0 Å².